The van der Waals surface area contributed by atoms with Crippen LogP contribution in [0.4, 0.5) is 5.00 Å². The largest absolute Gasteiger partial charge is 0.462 e. The molecule has 2 heterocycles. The number of anilines is 1. The second-order valence-corrected chi connectivity index (χ2v) is 9.28. The van der Waals surface area contributed by atoms with Gasteiger partial charge in [0.1, 0.15) is 11.0 Å². The first-order chi connectivity index (χ1) is 17.2. The molecule has 0 aliphatic carbocycles. The molecule has 1 unspecified atom stereocenters. The Morgan fingerprint density at radius 1 is 0.972 bits per heavy atom. The number of thiophene rings is 1. The highest BCUT2D eigenvalue weighted by Crippen LogP contribution is 2.35. The van der Waals surface area contributed by atoms with Crippen molar-refractivity contribution in [2.45, 2.75) is 33.2 Å². The average Bonchev–Trinajstić information content (AvgIpc) is 3.32. The third-order valence-corrected chi connectivity index (χ3v) is 7.20. The molecule has 0 radical (unpaired) electrons. The molecule has 3 amide bonds. The maximum absolute atomic E-state index is 13.7. The van der Waals surface area contributed by atoms with Crippen molar-refractivity contribution in [3.05, 3.63) is 87.3 Å². The van der Waals surface area contributed by atoms with E-state index in [2.05, 4.69) is 5.32 Å². The van der Waals surface area contributed by atoms with Crippen molar-refractivity contribution >= 4 is 45.8 Å². The van der Waals surface area contributed by atoms with Crippen molar-refractivity contribution in [3.8, 4) is 0 Å². The Morgan fingerprint density at radius 2 is 1.56 bits per heavy atom. The number of fused-ring (bicyclic) bond motifs is 1. The van der Waals surface area contributed by atoms with Gasteiger partial charge in [-0.15, -0.1) is 11.3 Å². The monoisotopic (exact) mass is 504 g/mol. The second-order valence-electron chi connectivity index (χ2n) is 8.26. The van der Waals surface area contributed by atoms with Crippen molar-refractivity contribution in [1.82, 2.24) is 4.90 Å². The Bertz CT molecular complexity index is 1340. The van der Waals surface area contributed by atoms with Gasteiger partial charge in [-0.1, -0.05) is 42.5 Å². The zero-order valence-corrected chi connectivity index (χ0v) is 20.8. The summed E-state index contributed by atoms with van der Waals surface area (Å²) in [5.74, 6) is -2.72. The molecule has 1 aliphatic heterocycles. The van der Waals surface area contributed by atoms with Crippen LogP contribution in [-0.2, 0) is 16.0 Å². The van der Waals surface area contributed by atoms with Crippen LogP contribution in [0.1, 0.15) is 65.7 Å². The first kappa shape index (κ1) is 25.0. The summed E-state index contributed by atoms with van der Waals surface area (Å²) in [4.78, 5) is 66.2. The highest BCUT2D eigenvalue weighted by molar-refractivity contribution is 7.18. The number of amides is 3. The van der Waals surface area contributed by atoms with Crippen LogP contribution < -0.4 is 5.32 Å². The molecular formula is C27H24N2O6S. The molecule has 9 heteroatoms. The van der Waals surface area contributed by atoms with Crippen LogP contribution in [0.25, 0.3) is 0 Å². The lowest BCUT2D eigenvalue weighted by atomic mass is 10.0. The van der Waals surface area contributed by atoms with E-state index in [-0.39, 0.29) is 40.5 Å². The number of Topliss-reactive ketones (excluding diaryl/α,β-unsaturated/α-hetero) is 1. The van der Waals surface area contributed by atoms with Crippen molar-refractivity contribution in [2.24, 2.45) is 0 Å². The molecule has 0 saturated heterocycles. The van der Waals surface area contributed by atoms with Crippen LogP contribution in [0.5, 0.6) is 0 Å². The number of ether oxygens (including phenoxy) is 1. The van der Waals surface area contributed by atoms with Crippen LogP contribution in [-0.4, -0.2) is 47.0 Å². The maximum atomic E-state index is 13.7. The molecule has 184 valence electrons. The smallest absolute Gasteiger partial charge is 0.341 e. The number of nitrogens with zero attached hydrogens (tertiary/aromatic N) is 1. The first-order valence-corrected chi connectivity index (χ1v) is 12.2. The van der Waals surface area contributed by atoms with Crippen LogP contribution in [0, 0.1) is 6.92 Å². The molecule has 3 aromatic rings. The number of nitrogens with one attached hydrogen (secondary N) is 1. The van der Waals surface area contributed by atoms with Crippen molar-refractivity contribution < 1.29 is 28.7 Å². The summed E-state index contributed by atoms with van der Waals surface area (Å²) in [6.45, 7) is 4.75. The molecule has 1 aromatic heterocycles. The third kappa shape index (κ3) is 4.57. The minimum absolute atomic E-state index is 0.0663. The van der Waals surface area contributed by atoms with E-state index < -0.39 is 29.7 Å². The van der Waals surface area contributed by atoms with E-state index in [1.54, 1.807) is 62.4 Å². The molecule has 0 spiro atoms. The minimum atomic E-state index is -1.20. The maximum Gasteiger partial charge on any atom is 0.341 e. The summed E-state index contributed by atoms with van der Waals surface area (Å²) in [6.07, 6.45) is 0.0663. The zero-order valence-electron chi connectivity index (χ0n) is 20.0. The standard InChI is InChI=1S/C27H24N2O6S/c1-4-35-27(34)21-15(2)22(16(3)30)36-24(21)28-23(31)20(14-17-10-6-5-7-11-17)29-25(32)18-12-8-9-13-19(18)26(29)33/h5-13,20H,4,14H2,1-3H3,(H,28,31). The Balaban J connectivity index is 1.74. The van der Waals surface area contributed by atoms with Crippen molar-refractivity contribution in [3.63, 3.8) is 0 Å². The summed E-state index contributed by atoms with van der Waals surface area (Å²) >= 11 is 0.961. The van der Waals surface area contributed by atoms with E-state index in [1.807, 2.05) is 6.07 Å². The van der Waals surface area contributed by atoms with Crippen molar-refractivity contribution in [1.29, 1.82) is 0 Å². The van der Waals surface area contributed by atoms with Gasteiger partial charge in [-0.25, -0.2) is 4.79 Å². The third-order valence-electron chi connectivity index (χ3n) is 5.89. The van der Waals surface area contributed by atoms with E-state index in [9.17, 15) is 24.0 Å². The molecule has 0 bridgehead atoms. The predicted molar refractivity (Wildman–Crippen MR) is 135 cm³/mol. The van der Waals surface area contributed by atoms with Gasteiger partial charge in [-0.3, -0.25) is 24.1 Å². The number of carbonyl (C=O) groups is 5. The molecule has 1 atom stereocenters. The molecule has 36 heavy (non-hydrogen) atoms. The van der Waals surface area contributed by atoms with Gasteiger partial charge < -0.3 is 10.1 Å². The van der Waals surface area contributed by atoms with E-state index in [1.165, 1.54) is 6.92 Å². The lowest BCUT2D eigenvalue weighted by molar-refractivity contribution is -0.119. The molecule has 1 N–H and O–H groups in total. The second kappa shape index (κ2) is 10.2. The number of esters is 1. The van der Waals surface area contributed by atoms with Crippen LogP contribution in [0.2, 0.25) is 0 Å². The van der Waals surface area contributed by atoms with Gasteiger partial charge in [-0.2, -0.15) is 0 Å². The zero-order chi connectivity index (χ0) is 26.0. The van der Waals surface area contributed by atoms with Crippen LogP contribution in [0.15, 0.2) is 54.6 Å². The van der Waals surface area contributed by atoms with E-state index >= 15 is 0 Å². The Morgan fingerprint density at radius 3 is 2.11 bits per heavy atom. The fourth-order valence-corrected chi connectivity index (χ4v) is 5.30. The summed E-state index contributed by atoms with van der Waals surface area (Å²) in [7, 11) is 0. The minimum Gasteiger partial charge on any atom is -0.462 e. The van der Waals surface area contributed by atoms with Gasteiger partial charge in [0.25, 0.3) is 11.8 Å². The molecule has 4 rings (SSSR count). The Labute approximate surface area is 211 Å². The topological polar surface area (TPSA) is 110 Å². The summed E-state index contributed by atoms with van der Waals surface area (Å²) in [6, 6.07) is 14.2. The highest BCUT2D eigenvalue weighted by Gasteiger charge is 2.43. The van der Waals surface area contributed by atoms with E-state index in [0.717, 1.165) is 21.8 Å². The SMILES string of the molecule is CCOC(=O)c1c(NC(=O)C(Cc2ccccc2)N2C(=O)c3ccccc3C2=O)sc(C(C)=O)c1C. The summed E-state index contributed by atoms with van der Waals surface area (Å²) < 4.78 is 5.14. The van der Waals surface area contributed by atoms with Crippen molar-refractivity contribution in [2.75, 3.05) is 11.9 Å². The molecule has 2 aromatic carbocycles. The normalized spacial score (nSPS) is 13.4. The van der Waals surface area contributed by atoms with Gasteiger partial charge in [0.05, 0.1) is 28.2 Å². The lowest BCUT2D eigenvalue weighted by Crippen LogP contribution is -2.48. The lowest BCUT2D eigenvalue weighted by Gasteiger charge is -2.25. The number of hydrogen-bond acceptors (Lipinski definition) is 7. The van der Waals surface area contributed by atoms with Gasteiger partial charge >= 0.3 is 5.97 Å². The molecule has 0 fully saturated rings. The molecular weight excluding hydrogens is 480 g/mol. The number of hydrogen-bond donors (Lipinski definition) is 1. The van der Waals surface area contributed by atoms with Crippen LogP contribution >= 0.6 is 11.3 Å². The van der Waals surface area contributed by atoms with Gasteiger partial charge in [-0.05, 0) is 44.0 Å². The fraction of sp³-hybridized carbons (Fsp3) is 0.222. The number of rotatable bonds is 8. The quantitative estimate of drug-likeness (QED) is 0.279. The summed E-state index contributed by atoms with van der Waals surface area (Å²) in [5, 5.41) is 2.85. The van der Waals surface area contributed by atoms with Gasteiger partial charge in [0, 0.05) is 6.42 Å². The summed E-state index contributed by atoms with van der Waals surface area (Å²) in [5.41, 5.74) is 1.69. The highest BCUT2D eigenvalue weighted by atomic mass is 32.1. The first-order valence-electron chi connectivity index (χ1n) is 11.4. The number of imide groups is 1. The Hall–Kier alpha value is -4.11. The fourth-order valence-electron chi connectivity index (χ4n) is 4.21. The van der Waals surface area contributed by atoms with E-state index in [0.29, 0.717) is 10.4 Å². The van der Waals surface area contributed by atoms with E-state index in [4.69, 9.17) is 4.74 Å². The Kier molecular flexibility index (Phi) is 7.12. The van der Waals surface area contributed by atoms with Gasteiger partial charge in [0.2, 0.25) is 5.91 Å². The molecule has 1 aliphatic rings. The van der Waals surface area contributed by atoms with Crippen LogP contribution in [0.3, 0.4) is 0 Å². The number of carbonyl (C=O) groups excluding carboxylic acids is 5. The molecule has 0 saturated carbocycles. The number of ketones is 1. The predicted octanol–water partition coefficient (Wildman–Crippen LogP) is 4.28. The van der Waals surface area contributed by atoms with Gasteiger partial charge in [0.15, 0.2) is 5.78 Å². The average molecular weight is 505 g/mol. The number of benzene rings is 2. The molecule has 8 nitrogen and oxygen atoms in total.